The van der Waals surface area contributed by atoms with Crippen LogP contribution >= 0.6 is 0 Å². The third-order valence-corrected chi connectivity index (χ3v) is 3.35. The maximum absolute atomic E-state index is 2.67. The third kappa shape index (κ3) is 3.76. The summed E-state index contributed by atoms with van der Waals surface area (Å²) < 4.78 is 0. The zero-order valence-corrected chi connectivity index (χ0v) is 11.0. The van der Waals surface area contributed by atoms with E-state index < -0.39 is 0 Å². The Hall–Kier alpha value is -0.0800. The van der Waals surface area contributed by atoms with Crippen molar-refractivity contribution in [1.29, 1.82) is 0 Å². The summed E-state index contributed by atoms with van der Waals surface area (Å²) in [6, 6.07) is 1.63. The molecule has 2 fully saturated rings. The van der Waals surface area contributed by atoms with Gasteiger partial charge in [0, 0.05) is 31.7 Å². The summed E-state index contributed by atoms with van der Waals surface area (Å²) in [5.41, 5.74) is 0. The van der Waals surface area contributed by atoms with Crippen LogP contribution in [0.1, 0.15) is 47.0 Å². The van der Waals surface area contributed by atoms with Gasteiger partial charge in [0.25, 0.3) is 0 Å². The smallest absolute Gasteiger partial charge is 0.0224 e. The van der Waals surface area contributed by atoms with Crippen molar-refractivity contribution < 1.29 is 0 Å². The van der Waals surface area contributed by atoms with Gasteiger partial charge in [-0.3, -0.25) is 9.80 Å². The first-order chi connectivity index (χ1) is 7.19. The van der Waals surface area contributed by atoms with Gasteiger partial charge in [0.1, 0.15) is 0 Å². The van der Waals surface area contributed by atoms with Crippen molar-refractivity contribution in [3.8, 4) is 0 Å². The molecule has 2 heteroatoms. The van der Waals surface area contributed by atoms with E-state index in [0.29, 0.717) is 0 Å². The van der Waals surface area contributed by atoms with Crippen molar-refractivity contribution in [3.05, 3.63) is 0 Å². The van der Waals surface area contributed by atoms with E-state index >= 15 is 0 Å². The molecule has 2 saturated heterocycles. The first kappa shape index (κ1) is 13.0. The van der Waals surface area contributed by atoms with Gasteiger partial charge in [0.05, 0.1) is 0 Å². The fourth-order valence-corrected chi connectivity index (χ4v) is 2.48. The number of piperazine rings is 1. The Balaban J connectivity index is 0.000000337. The highest BCUT2D eigenvalue weighted by Crippen LogP contribution is 2.22. The summed E-state index contributed by atoms with van der Waals surface area (Å²) in [6.45, 7) is 14.1. The summed E-state index contributed by atoms with van der Waals surface area (Å²) >= 11 is 0. The van der Waals surface area contributed by atoms with Crippen molar-refractivity contribution in [2.45, 2.75) is 59.0 Å². The van der Waals surface area contributed by atoms with Gasteiger partial charge in [0.15, 0.2) is 0 Å². The van der Waals surface area contributed by atoms with Crippen molar-refractivity contribution in [1.82, 2.24) is 9.80 Å². The summed E-state index contributed by atoms with van der Waals surface area (Å²) in [7, 11) is 0. The number of fused-ring (bicyclic) bond motifs is 1. The van der Waals surface area contributed by atoms with Crippen LogP contribution in [0.15, 0.2) is 0 Å². The molecule has 0 bridgehead atoms. The van der Waals surface area contributed by atoms with Crippen LogP contribution < -0.4 is 0 Å². The van der Waals surface area contributed by atoms with Gasteiger partial charge in [-0.1, -0.05) is 20.3 Å². The second-order valence-electron chi connectivity index (χ2n) is 5.13. The first-order valence-corrected chi connectivity index (χ1v) is 6.67. The van der Waals surface area contributed by atoms with E-state index in [1.165, 1.54) is 45.4 Å². The van der Waals surface area contributed by atoms with Crippen LogP contribution in [0.2, 0.25) is 0 Å². The van der Waals surface area contributed by atoms with Crippen LogP contribution in [-0.2, 0) is 0 Å². The largest absolute Gasteiger partial charge is 0.298 e. The normalized spacial score (nSPS) is 27.4. The van der Waals surface area contributed by atoms with Crippen molar-refractivity contribution in [3.63, 3.8) is 0 Å². The van der Waals surface area contributed by atoms with E-state index in [0.717, 1.165) is 12.1 Å². The Bertz CT molecular complexity index is 168. The van der Waals surface area contributed by atoms with Crippen LogP contribution in [0.5, 0.6) is 0 Å². The second kappa shape index (κ2) is 6.49. The number of hydrogen-bond acceptors (Lipinski definition) is 2. The minimum absolute atomic E-state index is 0.743. The fourth-order valence-electron chi connectivity index (χ4n) is 2.48. The van der Waals surface area contributed by atoms with Crippen LogP contribution in [0.4, 0.5) is 0 Å². The maximum atomic E-state index is 2.67. The molecule has 15 heavy (non-hydrogen) atoms. The van der Waals surface area contributed by atoms with Gasteiger partial charge in [-0.25, -0.2) is 0 Å². The SMILES string of the molecule is CC(C)N1CCN2CCCC2C1.CCC. The maximum Gasteiger partial charge on any atom is 0.0224 e. The number of nitrogens with zero attached hydrogens (tertiary/aromatic N) is 2. The Morgan fingerprint density at radius 1 is 1.13 bits per heavy atom. The summed E-state index contributed by atoms with van der Waals surface area (Å²) in [5.74, 6) is 0. The lowest BCUT2D eigenvalue weighted by atomic mass is 10.1. The van der Waals surface area contributed by atoms with Crippen molar-refractivity contribution >= 4 is 0 Å². The molecule has 2 nitrogen and oxygen atoms in total. The number of rotatable bonds is 1. The molecule has 90 valence electrons. The zero-order chi connectivity index (χ0) is 11.3. The summed E-state index contributed by atoms with van der Waals surface area (Å²) in [4.78, 5) is 5.28. The Morgan fingerprint density at radius 2 is 1.80 bits per heavy atom. The lowest BCUT2D eigenvalue weighted by Gasteiger charge is -2.39. The minimum Gasteiger partial charge on any atom is -0.298 e. The van der Waals surface area contributed by atoms with E-state index in [2.05, 4.69) is 37.5 Å². The van der Waals surface area contributed by atoms with Crippen molar-refractivity contribution in [2.24, 2.45) is 0 Å². The van der Waals surface area contributed by atoms with Crippen LogP contribution in [0.25, 0.3) is 0 Å². The lowest BCUT2D eigenvalue weighted by molar-refractivity contribution is 0.0827. The molecule has 0 saturated carbocycles. The molecule has 0 radical (unpaired) electrons. The highest BCUT2D eigenvalue weighted by Gasteiger charge is 2.30. The molecule has 0 aromatic carbocycles. The topological polar surface area (TPSA) is 6.48 Å². The monoisotopic (exact) mass is 212 g/mol. The van der Waals surface area contributed by atoms with Crippen molar-refractivity contribution in [2.75, 3.05) is 26.2 Å². The Morgan fingerprint density at radius 3 is 2.40 bits per heavy atom. The molecule has 2 aliphatic rings. The Labute approximate surface area is 95.6 Å². The average molecular weight is 212 g/mol. The minimum atomic E-state index is 0.743. The molecule has 2 rings (SSSR count). The third-order valence-electron chi connectivity index (χ3n) is 3.35. The average Bonchev–Trinajstić information content (AvgIpc) is 2.65. The summed E-state index contributed by atoms with van der Waals surface area (Å²) in [5, 5.41) is 0. The summed E-state index contributed by atoms with van der Waals surface area (Å²) in [6.07, 6.45) is 4.11. The van der Waals surface area contributed by atoms with Crippen LogP contribution in [0.3, 0.4) is 0 Å². The zero-order valence-electron chi connectivity index (χ0n) is 11.0. The fraction of sp³-hybridized carbons (Fsp3) is 1.00. The predicted octanol–water partition coefficient (Wildman–Crippen LogP) is 2.59. The quantitative estimate of drug-likeness (QED) is 0.659. The Kier molecular flexibility index (Phi) is 5.62. The molecule has 0 aromatic heterocycles. The molecule has 0 aromatic rings. The van der Waals surface area contributed by atoms with Crippen LogP contribution in [0, 0.1) is 0 Å². The first-order valence-electron chi connectivity index (χ1n) is 6.67. The van der Waals surface area contributed by atoms with Gasteiger partial charge in [-0.2, -0.15) is 0 Å². The van der Waals surface area contributed by atoms with Gasteiger partial charge in [-0.05, 0) is 33.2 Å². The molecule has 0 N–H and O–H groups in total. The van der Waals surface area contributed by atoms with Gasteiger partial charge >= 0.3 is 0 Å². The molecule has 2 aliphatic heterocycles. The van der Waals surface area contributed by atoms with Crippen LogP contribution in [-0.4, -0.2) is 48.1 Å². The predicted molar refractivity (Wildman–Crippen MR) is 67.3 cm³/mol. The van der Waals surface area contributed by atoms with Gasteiger partial charge < -0.3 is 0 Å². The second-order valence-corrected chi connectivity index (χ2v) is 5.13. The molecule has 1 atom stereocenters. The lowest BCUT2D eigenvalue weighted by Crippen LogP contribution is -2.52. The molecular formula is C13H28N2. The standard InChI is InChI=1S/C10H20N2.C3H8/c1-9(2)12-7-6-11-5-3-4-10(11)8-12;1-3-2/h9-10H,3-8H2,1-2H3;3H2,1-2H3. The molecule has 2 heterocycles. The molecular weight excluding hydrogens is 184 g/mol. The highest BCUT2D eigenvalue weighted by atomic mass is 15.3. The highest BCUT2D eigenvalue weighted by molar-refractivity contribution is 4.87. The van der Waals surface area contributed by atoms with E-state index in [1.54, 1.807) is 0 Å². The molecule has 0 aliphatic carbocycles. The molecule has 1 unspecified atom stereocenters. The van der Waals surface area contributed by atoms with Gasteiger partial charge in [0.2, 0.25) is 0 Å². The molecule has 0 amide bonds. The molecule has 0 spiro atoms. The van der Waals surface area contributed by atoms with Gasteiger partial charge in [-0.15, -0.1) is 0 Å². The number of hydrogen-bond donors (Lipinski definition) is 0. The van der Waals surface area contributed by atoms with E-state index in [1.807, 2.05) is 0 Å². The van der Waals surface area contributed by atoms with E-state index in [-0.39, 0.29) is 0 Å². The van der Waals surface area contributed by atoms with E-state index in [4.69, 9.17) is 0 Å². The van der Waals surface area contributed by atoms with E-state index in [9.17, 15) is 0 Å².